The smallest absolute Gasteiger partial charge is 0.325 e. The molecular weight excluding hydrogens is 254 g/mol. The van der Waals surface area contributed by atoms with Crippen LogP contribution in [0.2, 0.25) is 5.28 Å². The Balaban J connectivity index is 2.20. The Labute approximate surface area is 111 Å². The molecule has 0 aromatic carbocycles. The number of carbonyl (C=O) groups excluding carboxylic acids is 1. The maximum atomic E-state index is 11.5. The van der Waals surface area contributed by atoms with Crippen LogP contribution in [0.25, 0.3) is 0 Å². The molecule has 0 saturated heterocycles. The van der Waals surface area contributed by atoms with E-state index in [0.29, 0.717) is 6.61 Å². The quantitative estimate of drug-likeness (QED) is 0.614. The predicted octanol–water partition coefficient (Wildman–Crippen LogP) is 1.62. The molecule has 0 spiro atoms. The molecule has 0 atom stereocenters. The number of likely N-dealkylation sites (N-methyl/N-ethyl adjacent to an activating group) is 1. The summed E-state index contributed by atoms with van der Waals surface area (Å²) in [5.74, 6) is 0.483. The third-order valence-corrected chi connectivity index (χ3v) is 3.09. The number of hydrogen-bond acceptors (Lipinski definition) is 5. The highest BCUT2D eigenvalue weighted by Crippen LogP contribution is 2.29. The van der Waals surface area contributed by atoms with Crippen molar-refractivity contribution in [2.75, 3.05) is 25.1 Å². The Hall–Kier alpha value is -1.36. The van der Waals surface area contributed by atoms with Crippen LogP contribution in [0.15, 0.2) is 0 Å². The SMILES string of the molecule is CCOC(=O)CN(C)c1nc(Cl)nc2c1CCC2. The average molecular weight is 270 g/mol. The summed E-state index contributed by atoms with van der Waals surface area (Å²) < 4.78 is 4.93. The van der Waals surface area contributed by atoms with Gasteiger partial charge in [-0.3, -0.25) is 4.79 Å². The fraction of sp³-hybridized carbons (Fsp3) is 0.583. The Kier molecular flexibility index (Phi) is 4.01. The summed E-state index contributed by atoms with van der Waals surface area (Å²) in [5.41, 5.74) is 2.10. The number of nitrogens with zero attached hydrogens (tertiary/aromatic N) is 3. The van der Waals surface area contributed by atoms with E-state index >= 15 is 0 Å². The lowest BCUT2D eigenvalue weighted by molar-refractivity contribution is -0.141. The van der Waals surface area contributed by atoms with Crippen LogP contribution in [0, 0.1) is 0 Å². The van der Waals surface area contributed by atoms with E-state index in [4.69, 9.17) is 16.3 Å². The molecule has 0 fully saturated rings. The molecule has 0 aliphatic heterocycles. The number of carbonyl (C=O) groups is 1. The third kappa shape index (κ3) is 2.72. The highest BCUT2D eigenvalue weighted by atomic mass is 35.5. The molecule has 0 radical (unpaired) electrons. The van der Waals surface area contributed by atoms with E-state index in [1.807, 2.05) is 7.05 Å². The number of fused-ring (bicyclic) bond motifs is 1. The normalized spacial score (nSPS) is 13.3. The van der Waals surface area contributed by atoms with E-state index in [1.54, 1.807) is 11.8 Å². The number of anilines is 1. The van der Waals surface area contributed by atoms with Gasteiger partial charge in [0.15, 0.2) is 0 Å². The molecule has 0 N–H and O–H groups in total. The number of aromatic nitrogens is 2. The van der Waals surface area contributed by atoms with Crippen molar-refractivity contribution in [1.29, 1.82) is 0 Å². The first-order valence-electron chi connectivity index (χ1n) is 6.04. The third-order valence-electron chi connectivity index (χ3n) is 2.92. The second-order valence-electron chi connectivity index (χ2n) is 4.26. The van der Waals surface area contributed by atoms with Crippen LogP contribution in [-0.2, 0) is 22.4 Å². The Morgan fingerprint density at radius 1 is 1.44 bits per heavy atom. The molecule has 0 amide bonds. The van der Waals surface area contributed by atoms with Crippen molar-refractivity contribution in [3.63, 3.8) is 0 Å². The lowest BCUT2D eigenvalue weighted by Crippen LogP contribution is -2.29. The van der Waals surface area contributed by atoms with E-state index in [1.165, 1.54) is 0 Å². The van der Waals surface area contributed by atoms with Crippen molar-refractivity contribution in [3.8, 4) is 0 Å². The van der Waals surface area contributed by atoms with E-state index in [0.717, 1.165) is 36.3 Å². The first-order chi connectivity index (χ1) is 8.61. The minimum absolute atomic E-state index is 0.174. The highest BCUT2D eigenvalue weighted by Gasteiger charge is 2.22. The largest absolute Gasteiger partial charge is 0.465 e. The number of rotatable bonds is 4. The van der Waals surface area contributed by atoms with Gasteiger partial charge in [0.25, 0.3) is 0 Å². The fourth-order valence-corrected chi connectivity index (χ4v) is 2.36. The molecule has 0 bridgehead atoms. The van der Waals surface area contributed by atoms with E-state index in [9.17, 15) is 4.79 Å². The van der Waals surface area contributed by atoms with Gasteiger partial charge in [-0.2, -0.15) is 0 Å². The molecule has 2 rings (SSSR count). The van der Waals surface area contributed by atoms with Gasteiger partial charge in [0.2, 0.25) is 5.28 Å². The van der Waals surface area contributed by atoms with Gasteiger partial charge in [0, 0.05) is 12.6 Å². The Morgan fingerprint density at radius 2 is 2.22 bits per heavy atom. The van der Waals surface area contributed by atoms with Crippen LogP contribution in [-0.4, -0.2) is 36.1 Å². The predicted molar refractivity (Wildman–Crippen MR) is 69.0 cm³/mol. The Bertz CT molecular complexity index is 465. The van der Waals surface area contributed by atoms with Crippen LogP contribution in [0.5, 0.6) is 0 Å². The standard InChI is InChI=1S/C12H16ClN3O2/c1-3-18-10(17)7-16(2)11-8-5-4-6-9(8)14-12(13)15-11/h3-7H2,1-2H3. The minimum Gasteiger partial charge on any atom is -0.465 e. The maximum absolute atomic E-state index is 11.5. The van der Waals surface area contributed by atoms with Gasteiger partial charge < -0.3 is 9.64 Å². The Morgan fingerprint density at radius 3 is 2.94 bits per heavy atom. The molecule has 1 aromatic rings. The van der Waals surface area contributed by atoms with Crippen LogP contribution in [0.3, 0.4) is 0 Å². The number of esters is 1. The summed E-state index contributed by atoms with van der Waals surface area (Å²) in [7, 11) is 1.81. The molecule has 98 valence electrons. The minimum atomic E-state index is -0.263. The molecular formula is C12H16ClN3O2. The molecule has 1 aliphatic rings. The zero-order valence-electron chi connectivity index (χ0n) is 10.6. The van der Waals surface area contributed by atoms with Crippen LogP contribution in [0.4, 0.5) is 5.82 Å². The molecule has 1 aliphatic carbocycles. The summed E-state index contributed by atoms with van der Waals surface area (Å²) in [6.07, 6.45) is 2.93. The van der Waals surface area contributed by atoms with Crippen molar-refractivity contribution in [3.05, 3.63) is 16.5 Å². The summed E-state index contributed by atoms with van der Waals surface area (Å²) in [5, 5.41) is 0.237. The molecule has 1 heterocycles. The van der Waals surface area contributed by atoms with Gasteiger partial charge in [-0.25, -0.2) is 9.97 Å². The van der Waals surface area contributed by atoms with Gasteiger partial charge in [0.05, 0.1) is 12.3 Å². The van der Waals surface area contributed by atoms with Crippen molar-refractivity contribution < 1.29 is 9.53 Å². The lowest BCUT2D eigenvalue weighted by atomic mass is 10.2. The van der Waals surface area contributed by atoms with Gasteiger partial charge in [-0.15, -0.1) is 0 Å². The van der Waals surface area contributed by atoms with Crippen molar-refractivity contribution in [2.24, 2.45) is 0 Å². The maximum Gasteiger partial charge on any atom is 0.325 e. The van der Waals surface area contributed by atoms with Crippen LogP contribution in [0.1, 0.15) is 24.6 Å². The summed E-state index contributed by atoms with van der Waals surface area (Å²) in [6, 6.07) is 0. The highest BCUT2D eigenvalue weighted by molar-refractivity contribution is 6.28. The number of halogens is 1. The van der Waals surface area contributed by atoms with E-state index in [2.05, 4.69) is 9.97 Å². The van der Waals surface area contributed by atoms with Gasteiger partial charge in [-0.05, 0) is 37.8 Å². The molecule has 1 aromatic heterocycles. The van der Waals surface area contributed by atoms with Gasteiger partial charge in [0.1, 0.15) is 12.4 Å². The van der Waals surface area contributed by atoms with Crippen LogP contribution < -0.4 is 4.90 Å². The molecule has 18 heavy (non-hydrogen) atoms. The molecule has 0 saturated carbocycles. The first-order valence-corrected chi connectivity index (χ1v) is 6.41. The second-order valence-corrected chi connectivity index (χ2v) is 4.59. The monoisotopic (exact) mass is 269 g/mol. The topological polar surface area (TPSA) is 55.3 Å². The zero-order valence-corrected chi connectivity index (χ0v) is 11.3. The summed E-state index contributed by atoms with van der Waals surface area (Å²) in [4.78, 5) is 21.7. The molecule has 5 nitrogen and oxygen atoms in total. The van der Waals surface area contributed by atoms with E-state index in [-0.39, 0.29) is 17.8 Å². The van der Waals surface area contributed by atoms with E-state index < -0.39 is 0 Å². The first kappa shape index (κ1) is 13.1. The lowest BCUT2D eigenvalue weighted by Gasteiger charge is -2.19. The van der Waals surface area contributed by atoms with Crippen molar-refractivity contribution in [1.82, 2.24) is 9.97 Å². The number of aryl methyl sites for hydroxylation is 1. The molecule has 6 heteroatoms. The fourth-order valence-electron chi connectivity index (χ4n) is 2.17. The average Bonchev–Trinajstić information content (AvgIpc) is 2.75. The van der Waals surface area contributed by atoms with Gasteiger partial charge in [-0.1, -0.05) is 0 Å². The number of hydrogen-bond donors (Lipinski definition) is 0. The summed E-state index contributed by atoms with van der Waals surface area (Å²) >= 11 is 5.91. The summed E-state index contributed by atoms with van der Waals surface area (Å²) in [6.45, 7) is 2.35. The zero-order chi connectivity index (χ0) is 13.1. The van der Waals surface area contributed by atoms with Crippen molar-refractivity contribution >= 4 is 23.4 Å². The van der Waals surface area contributed by atoms with Crippen molar-refractivity contribution in [2.45, 2.75) is 26.2 Å². The van der Waals surface area contributed by atoms with Gasteiger partial charge >= 0.3 is 5.97 Å². The van der Waals surface area contributed by atoms with Crippen LogP contribution >= 0.6 is 11.6 Å². The molecule has 0 unspecified atom stereocenters. The number of ether oxygens (including phenoxy) is 1. The second kappa shape index (κ2) is 5.52.